The van der Waals surface area contributed by atoms with Crippen molar-refractivity contribution >= 4 is 55.7 Å². The van der Waals surface area contributed by atoms with Gasteiger partial charge in [-0.2, -0.15) is 0 Å². The first-order valence-electron chi connectivity index (χ1n) is 12.2. The Morgan fingerprint density at radius 1 is 1.03 bits per heavy atom. The quantitative estimate of drug-likeness (QED) is 0.149. The summed E-state index contributed by atoms with van der Waals surface area (Å²) < 4.78 is 12.1. The number of ketones is 1. The molecule has 1 unspecified atom stereocenters. The van der Waals surface area contributed by atoms with Gasteiger partial charge in [-0.25, -0.2) is 4.98 Å². The normalized spacial score (nSPS) is 16.8. The van der Waals surface area contributed by atoms with Crippen molar-refractivity contribution in [2.45, 2.75) is 26.3 Å². The molecule has 1 saturated heterocycles. The number of nitrogens with zero attached hydrogens (tertiary/aromatic N) is 2. The van der Waals surface area contributed by atoms with Crippen LogP contribution in [0, 0.1) is 0 Å². The summed E-state index contributed by atoms with van der Waals surface area (Å²) in [5.41, 5.74) is 1.64. The van der Waals surface area contributed by atoms with E-state index in [4.69, 9.17) is 21.1 Å². The lowest BCUT2D eigenvalue weighted by Gasteiger charge is -2.23. The van der Waals surface area contributed by atoms with Crippen molar-refractivity contribution in [2.24, 2.45) is 0 Å². The van der Waals surface area contributed by atoms with Crippen LogP contribution in [0.4, 0.5) is 5.13 Å². The van der Waals surface area contributed by atoms with Gasteiger partial charge in [-0.05, 0) is 61.4 Å². The zero-order valence-electron chi connectivity index (χ0n) is 20.8. The highest BCUT2D eigenvalue weighted by atomic mass is 35.5. The van der Waals surface area contributed by atoms with Crippen molar-refractivity contribution in [2.75, 3.05) is 18.1 Å². The number of benzene rings is 3. The molecule has 5 rings (SSSR count). The fraction of sp³-hybridized carbons (Fsp3) is 0.207. The molecule has 1 N–H and O–H groups in total. The molecular weight excluding hydrogens is 524 g/mol. The summed E-state index contributed by atoms with van der Waals surface area (Å²) in [6.45, 7) is 4.91. The van der Waals surface area contributed by atoms with Crippen LogP contribution >= 0.6 is 22.9 Å². The number of carbonyl (C=O) groups is 2. The van der Waals surface area contributed by atoms with Crippen LogP contribution < -0.4 is 14.4 Å². The Balaban J connectivity index is 1.66. The first-order chi connectivity index (χ1) is 18.4. The van der Waals surface area contributed by atoms with Crippen molar-refractivity contribution < 1.29 is 24.2 Å². The van der Waals surface area contributed by atoms with Gasteiger partial charge in [0.15, 0.2) is 5.13 Å². The van der Waals surface area contributed by atoms with E-state index in [-0.39, 0.29) is 11.3 Å². The molecule has 9 heteroatoms. The molecule has 1 aliphatic heterocycles. The predicted molar refractivity (Wildman–Crippen MR) is 149 cm³/mol. The lowest BCUT2D eigenvalue weighted by molar-refractivity contribution is -0.132. The van der Waals surface area contributed by atoms with Gasteiger partial charge in [0, 0.05) is 10.6 Å². The van der Waals surface area contributed by atoms with Crippen LogP contribution in [0.3, 0.4) is 0 Å². The molecule has 38 heavy (non-hydrogen) atoms. The highest BCUT2D eigenvalue weighted by Crippen LogP contribution is 2.45. The van der Waals surface area contributed by atoms with Gasteiger partial charge in [0.05, 0.1) is 35.0 Å². The van der Waals surface area contributed by atoms with E-state index in [9.17, 15) is 14.7 Å². The van der Waals surface area contributed by atoms with Crippen LogP contribution in [-0.2, 0) is 9.59 Å². The SMILES string of the molecule is CCCOc1cccc(C(O)=C2C(=O)C(=O)N(c3nc4ccc(Cl)cc4s3)C2c2ccc(OCC)cc2)c1. The molecule has 1 amide bonds. The van der Waals surface area contributed by atoms with Gasteiger partial charge in [0.1, 0.15) is 17.3 Å². The van der Waals surface area contributed by atoms with E-state index in [0.29, 0.717) is 51.5 Å². The minimum absolute atomic E-state index is 0.0240. The summed E-state index contributed by atoms with van der Waals surface area (Å²) in [6, 6.07) is 18.3. The topological polar surface area (TPSA) is 89.0 Å². The highest BCUT2D eigenvalue weighted by Gasteiger charge is 2.48. The van der Waals surface area contributed by atoms with E-state index in [1.54, 1.807) is 66.7 Å². The van der Waals surface area contributed by atoms with Gasteiger partial charge in [0.2, 0.25) is 0 Å². The van der Waals surface area contributed by atoms with Crippen LogP contribution in [0.1, 0.15) is 37.4 Å². The molecule has 0 bridgehead atoms. The smallest absolute Gasteiger partial charge is 0.301 e. The Morgan fingerprint density at radius 2 is 1.82 bits per heavy atom. The number of carbonyl (C=O) groups excluding carboxylic acids is 2. The van der Waals surface area contributed by atoms with Crippen LogP contribution in [0.15, 0.2) is 72.3 Å². The number of hydrogen-bond donors (Lipinski definition) is 1. The van der Waals surface area contributed by atoms with E-state index >= 15 is 0 Å². The molecule has 1 atom stereocenters. The zero-order valence-corrected chi connectivity index (χ0v) is 22.4. The van der Waals surface area contributed by atoms with Crippen molar-refractivity contribution in [3.8, 4) is 11.5 Å². The number of hydrogen-bond acceptors (Lipinski definition) is 7. The standard InChI is InChI=1S/C29H25ClN2O5S/c1-3-14-37-21-7-5-6-18(15-21)26(33)24-25(17-8-11-20(12-9-17)36-4-2)32(28(35)27(24)34)29-31-22-13-10-19(30)16-23(22)38-29/h5-13,15-16,25,33H,3-4,14H2,1-2H3. The molecule has 3 aromatic carbocycles. The number of anilines is 1. The van der Waals surface area contributed by atoms with Gasteiger partial charge < -0.3 is 14.6 Å². The Hall–Kier alpha value is -3.88. The van der Waals surface area contributed by atoms with E-state index < -0.39 is 17.7 Å². The van der Waals surface area contributed by atoms with E-state index in [1.165, 1.54) is 16.2 Å². The Morgan fingerprint density at radius 3 is 2.55 bits per heavy atom. The first-order valence-corrected chi connectivity index (χ1v) is 13.4. The highest BCUT2D eigenvalue weighted by molar-refractivity contribution is 7.22. The molecule has 1 aliphatic rings. The Labute approximate surface area is 228 Å². The monoisotopic (exact) mass is 548 g/mol. The summed E-state index contributed by atoms with van der Waals surface area (Å²) >= 11 is 7.42. The van der Waals surface area contributed by atoms with Crippen molar-refractivity contribution in [3.63, 3.8) is 0 Å². The molecular formula is C29H25ClN2O5S. The maximum absolute atomic E-state index is 13.5. The second kappa shape index (κ2) is 10.8. The molecule has 1 fully saturated rings. The van der Waals surface area contributed by atoms with Crippen LogP contribution in [0.25, 0.3) is 16.0 Å². The predicted octanol–water partition coefficient (Wildman–Crippen LogP) is 6.76. The fourth-order valence-corrected chi connectivity index (χ4v) is 5.62. The minimum Gasteiger partial charge on any atom is -0.507 e. The number of halogens is 1. The summed E-state index contributed by atoms with van der Waals surface area (Å²) in [5, 5.41) is 12.3. The lowest BCUT2D eigenvalue weighted by atomic mass is 9.95. The van der Waals surface area contributed by atoms with Gasteiger partial charge in [-0.1, -0.05) is 54.1 Å². The van der Waals surface area contributed by atoms with Crippen LogP contribution in [0.2, 0.25) is 5.02 Å². The number of Topliss-reactive ketones (excluding diaryl/α,β-unsaturated/α-hetero) is 1. The van der Waals surface area contributed by atoms with E-state index in [1.807, 2.05) is 13.8 Å². The molecule has 2 heterocycles. The van der Waals surface area contributed by atoms with Crippen LogP contribution in [-0.4, -0.2) is 35.0 Å². The maximum atomic E-state index is 13.5. The number of aliphatic hydroxyl groups is 1. The number of amides is 1. The summed E-state index contributed by atoms with van der Waals surface area (Å²) in [4.78, 5) is 32.9. The molecule has 4 aromatic rings. The molecule has 0 aliphatic carbocycles. The zero-order chi connectivity index (χ0) is 26.8. The Bertz CT molecular complexity index is 1550. The van der Waals surface area contributed by atoms with Gasteiger partial charge in [-0.15, -0.1) is 0 Å². The molecule has 0 radical (unpaired) electrons. The molecule has 1 aromatic heterocycles. The number of thiazole rings is 1. The number of aliphatic hydroxyl groups excluding tert-OH is 1. The number of rotatable bonds is 8. The van der Waals surface area contributed by atoms with Crippen molar-refractivity contribution in [1.29, 1.82) is 0 Å². The largest absolute Gasteiger partial charge is 0.507 e. The van der Waals surface area contributed by atoms with Crippen molar-refractivity contribution in [3.05, 3.63) is 88.5 Å². The maximum Gasteiger partial charge on any atom is 0.301 e. The second-order valence-electron chi connectivity index (χ2n) is 8.66. The van der Waals surface area contributed by atoms with E-state index in [0.717, 1.165) is 11.1 Å². The van der Waals surface area contributed by atoms with Gasteiger partial charge in [0.25, 0.3) is 5.78 Å². The third-order valence-electron chi connectivity index (χ3n) is 6.08. The molecule has 194 valence electrons. The molecule has 0 saturated carbocycles. The first kappa shape index (κ1) is 25.8. The van der Waals surface area contributed by atoms with Crippen LogP contribution in [0.5, 0.6) is 11.5 Å². The molecule has 0 spiro atoms. The minimum atomic E-state index is -0.901. The second-order valence-corrected chi connectivity index (χ2v) is 10.1. The van der Waals surface area contributed by atoms with Gasteiger partial charge in [-0.3, -0.25) is 14.5 Å². The summed E-state index contributed by atoms with van der Waals surface area (Å²) in [5.74, 6) is -0.627. The Kier molecular flexibility index (Phi) is 7.35. The molecule has 7 nitrogen and oxygen atoms in total. The van der Waals surface area contributed by atoms with Gasteiger partial charge >= 0.3 is 5.91 Å². The average Bonchev–Trinajstić information content (AvgIpc) is 3.45. The number of ether oxygens (including phenoxy) is 2. The van der Waals surface area contributed by atoms with E-state index in [2.05, 4.69) is 4.98 Å². The number of fused-ring (bicyclic) bond motifs is 1. The third kappa shape index (κ3) is 4.85. The van der Waals surface area contributed by atoms with Crippen molar-refractivity contribution in [1.82, 2.24) is 4.98 Å². The average molecular weight is 549 g/mol. The fourth-order valence-electron chi connectivity index (χ4n) is 4.36. The summed E-state index contributed by atoms with van der Waals surface area (Å²) in [6.07, 6.45) is 0.826. The number of aromatic nitrogens is 1. The lowest BCUT2D eigenvalue weighted by Crippen LogP contribution is -2.29. The third-order valence-corrected chi connectivity index (χ3v) is 7.33. The summed E-state index contributed by atoms with van der Waals surface area (Å²) in [7, 11) is 0.